The first-order valence-corrected chi connectivity index (χ1v) is 9.42. The number of hydrogen-bond acceptors (Lipinski definition) is 3. The maximum absolute atomic E-state index is 13.1. The molecule has 3 rings (SSSR count). The van der Waals surface area contributed by atoms with E-state index in [1.807, 2.05) is 39.0 Å². The lowest BCUT2D eigenvalue weighted by Crippen LogP contribution is -2.44. The predicted molar refractivity (Wildman–Crippen MR) is 108 cm³/mol. The van der Waals surface area contributed by atoms with Crippen molar-refractivity contribution in [1.82, 2.24) is 10.2 Å². The molecule has 0 aliphatic carbocycles. The smallest absolute Gasteiger partial charge is 0.324 e. The summed E-state index contributed by atoms with van der Waals surface area (Å²) in [7, 11) is 0. The molecule has 1 saturated heterocycles. The Labute approximate surface area is 168 Å². The van der Waals surface area contributed by atoms with E-state index in [1.165, 1.54) is 0 Å². The number of amides is 4. The van der Waals surface area contributed by atoms with E-state index in [0.29, 0.717) is 22.7 Å². The molecule has 1 aliphatic rings. The highest BCUT2D eigenvalue weighted by atomic mass is 35.5. The van der Waals surface area contributed by atoms with Crippen LogP contribution in [0.1, 0.15) is 30.0 Å². The topological polar surface area (TPSA) is 78.5 Å². The van der Waals surface area contributed by atoms with Gasteiger partial charge in [0.25, 0.3) is 5.91 Å². The quantitative estimate of drug-likeness (QED) is 0.751. The molecule has 1 heterocycles. The van der Waals surface area contributed by atoms with Crippen LogP contribution >= 0.6 is 11.6 Å². The number of anilines is 1. The predicted octanol–water partition coefficient (Wildman–Crippen LogP) is 3.75. The summed E-state index contributed by atoms with van der Waals surface area (Å²) in [6.07, 6.45) is 0.355. The molecule has 0 saturated carbocycles. The molecule has 0 aromatic heterocycles. The van der Waals surface area contributed by atoms with Crippen LogP contribution in [0.2, 0.25) is 5.02 Å². The maximum atomic E-state index is 13.1. The normalized spacial score (nSPS) is 18.9. The molecule has 1 unspecified atom stereocenters. The molecule has 0 bridgehead atoms. The van der Waals surface area contributed by atoms with Crippen molar-refractivity contribution >= 4 is 35.1 Å². The zero-order valence-corrected chi connectivity index (χ0v) is 16.8. The van der Waals surface area contributed by atoms with Gasteiger partial charge in [0.1, 0.15) is 12.1 Å². The van der Waals surface area contributed by atoms with Crippen LogP contribution in [0, 0.1) is 13.8 Å². The summed E-state index contributed by atoms with van der Waals surface area (Å²) < 4.78 is 0. The van der Waals surface area contributed by atoms with E-state index in [1.54, 1.807) is 24.3 Å². The molecular formula is C21H22ClN3O3. The summed E-state index contributed by atoms with van der Waals surface area (Å²) in [4.78, 5) is 39.0. The standard InChI is InChI=1S/C21H22ClN3O3/c1-4-21(15-7-9-16(22)10-8-15)19(27)25(20(28)24-21)12-18(26)23-17-11-13(2)5-6-14(17)3/h5-11H,4,12H2,1-3H3,(H,23,26)(H,24,28). The van der Waals surface area contributed by atoms with E-state index < -0.39 is 23.4 Å². The van der Waals surface area contributed by atoms with Gasteiger partial charge in [-0.2, -0.15) is 0 Å². The number of carbonyl (C=O) groups excluding carboxylic acids is 3. The Hall–Kier alpha value is -2.86. The van der Waals surface area contributed by atoms with E-state index in [2.05, 4.69) is 10.6 Å². The lowest BCUT2D eigenvalue weighted by Gasteiger charge is -2.25. The second kappa shape index (κ2) is 7.64. The number of imide groups is 1. The molecule has 4 amide bonds. The van der Waals surface area contributed by atoms with Gasteiger partial charge in [-0.25, -0.2) is 4.79 Å². The highest BCUT2D eigenvalue weighted by Crippen LogP contribution is 2.33. The summed E-state index contributed by atoms with van der Waals surface area (Å²) in [5.41, 5.74) is 2.01. The van der Waals surface area contributed by atoms with Crippen LogP contribution in [0.5, 0.6) is 0 Å². The van der Waals surface area contributed by atoms with E-state index in [4.69, 9.17) is 11.6 Å². The second-order valence-electron chi connectivity index (χ2n) is 6.95. The van der Waals surface area contributed by atoms with Crippen molar-refractivity contribution in [1.29, 1.82) is 0 Å². The highest BCUT2D eigenvalue weighted by Gasteiger charge is 2.51. The van der Waals surface area contributed by atoms with Crippen LogP contribution in [0.25, 0.3) is 0 Å². The monoisotopic (exact) mass is 399 g/mol. The van der Waals surface area contributed by atoms with E-state index in [9.17, 15) is 14.4 Å². The molecule has 2 N–H and O–H groups in total. The summed E-state index contributed by atoms with van der Waals surface area (Å²) >= 11 is 5.93. The molecule has 1 atom stereocenters. The summed E-state index contributed by atoms with van der Waals surface area (Å²) in [6, 6.07) is 11.9. The van der Waals surface area contributed by atoms with Gasteiger partial charge < -0.3 is 10.6 Å². The van der Waals surface area contributed by atoms with Gasteiger partial charge >= 0.3 is 6.03 Å². The van der Waals surface area contributed by atoms with Gasteiger partial charge in [0.2, 0.25) is 5.91 Å². The Bertz CT molecular complexity index is 942. The number of halogens is 1. The minimum Gasteiger partial charge on any atom is -0.324 e. The number of benzene rings is 2. The number of hydrogen-bond donors (Lipinski definition) is 2. The number of carbonyl (C=O) groups is 3. The molecule has 2 aromatic carbocycles. The van der Waals surface area contributed by atoms with E-state index in [-0.39, 0.29) is 6.54 Å². The van der Waals surface area contributed by atoms with Crippen molar-refractivity contribution in [2.75, 3.05) is 11.9 Å². The number of nitrogens with one attached hydrogen (secondary N) is 2. The summed E-state index contributed by atoms with van der Waals surface area (Å²) in [6.45, 7) is 5.26. The van der Waals surface area contributed by atoms with Gasteiger partial charge in [0.05, 0.1) is 0 Å². The minimum absolute atomic E-state index is 0.354. The molecule has 28 heavy (non-hydrogen) atoms. The van der Waals surface area contributed by atoms with Gasteiger partial charge in [-0.3, -0.25) is 14.5 Å². The van der Waals surface area contributed by atoms with Crippen molar-refractivity contribution in [3.63, 3.8) is 0 Å². The molecule has 6 nitrogen and oxygen atoms in total. The van der Waals surface area contributed by atoms with Crippen LogP contribution < -0.4 is 10.6 Å². The summed E-state index contributed by atoms with van der Waals surface area (Å²) in [5.74, 6) is -0.876. The average Bonchev–Trinajstić information content (AvgIpc) is 2.90. The number of rotatable bonds is 5. The van der Waals surface area contributed by atoms with Crippen molar-refractivity contribution in [3.05, 3.63) is 64.2 Å². The zero-order valence-electron chi connectivity index (χ0n) is 16.0. The third-order valence-electron chi connectivity index (χ3n) is 5.01. The van der Waals surface area contributed by atoms with Crippen molar-refractivity contribution < 1.29 is 14.4 Å². The van der Waals surface area contributed by atoms with Crippen LogP contribution in [-0.2, 0) is 15.1 Å². The molecule has 1 fully saturated rings. The van der Waals surface area contributed by atoms with Crippen LogP contribution in [-0.4, -0.2) is 29.3 Å². The number of nitrogens with zero attached hydrogens (tertiary/aromatic N) is 1. The van der Waals surface area contributed by atoms with Gasteiger partial charge in [-0.15, -0.1) is 0 Å². The van der Waals surface area contributed by atoms with Crippen LogP contribution in [0.4, 0.5) is 10.5 Å². The first-order chi connectivity index (χ1) is 13.3. The Morgan fingerprint density at radius 1 is 1.14 bits per heavy atom. The van der Waals surface area contributed by atoms with E-state index in [0.717, 1.165) is 16.0 Å². The highest BCUT2D eigenvalue weighted by molar-refractivity contribution is 6.30. The lowest BCUT2D eigenvalue weighted by atomic mass is 9.87. The van der Waals surface area contributed by atoms with Crippen LogP contribution in [0.3, 0.4) is 0 Å². The van der Waals surface area contributed by atoms with E-state index >= 15 is 0 Å². The first-order valence-electron chi connectivity index (χ1n) is 9.04. The molecule has 0 spiro atoms. The largest absolute Gasteiger partial charge is 0.325 e. The van der Waals surface area contributed by atoms with Crippen molar-refractivity contribution in [2.24, 2.45) is 0 Å². The van der Waals surface area contributed by atoms with Gasteiger partial charge in [0, 0.05) is 10.7 Å². The van der Waals surface area contributed by atoms with Gasteiger partial charge in [0.15, 0.2) is 0 Å². The lowest BCUT2D eigenvalue weighted by molar-refractivity contribution is -0.134. The van der Waals surface area contributed by atoms with Crippen molar-refractivity contribution in [3.8, 4) is 0 Å². The summed E-state index contributed by atoms with van der Waals surface area (Å²) in [5, 5.41) is 6.08. The second-order valence-corrected chi connectivity index (χ2v) is 7.39. The Morgan fingerprint density at radius 3 is 2.46 bits per heavy atom. The fraction of sp³-hybridized carbons (Fsp3) is 0.286. The molecule has 7 heteroatoms. The molecule has 1 aliphatic heterocycles. The third kappa shape index (κ3) is 3.60. The van der Waals surface area contributed by atoms with Gasteiger partial charge in [-0.1, -0.05) is 42.8 Å². The number of aryl methyl sites for hydroxylation is 2. The average molecular weight is 400 g/mol. The Morgan fingerprint density at radius 2 is 1.82 bits per heavy atom. The Balaban J connectivity index is 1.80. The zero-order chi connectivity index (χ0) is 20.5. The van der Waals surface area contributed by atoms with Gasteiger partial charge in [-0.05, 0) is 55.2 Å². The number of urea groups is 1. The minimum atomic E-state index is -1.19. The molecule has 146 valence electrons. The van der Waals surface area contributed by atoms with Crippen molar-refractivity contribution in [2.45, 2.75) is 32.7 Å². The maximum Gasteiger partial charge on any atom is 0.325 e. The fourth-order valence-corrected chi connectivity index (χ4v) is 3.47. The first kappa shape index (κ1) is 19.9. The molecular weight excluding hydrogens is 378 g/mol. The SMILES string of the molecule is CCC1(c2ccc(Cl)cc2)NC(=O)N(CC(=O)Nc2cc(C)ccc2C)C1=O. The third-order valence-corrected chi connectivity index (χ3v) is 5.26. The molecule has 2 aromatic rings. The molecule has 0 radical (unpaired) electrons. The Kier molecular flexibility index (Phi) is 5.42. The fourth-order valence-electron chi connectivity index (χ4n) is 3.35. The van der Waals surface area contributed by atoms with Crippen LogP contribution in [0.15, 0.2) is 42.5 Å².